The van der Waals surface area contributed by atoms with E-state index in [0.717, 1.165) is 5.56 Å². The van der Waals surface area contributed by atoms with Crippen molar-refractivity contribution >= 4 is 12.7 Å². The second-order valence-electron chi connectivity index (χ2n) is 5.48. The Balaban J connectivity index is 2.32. The van der Waals surface area contributed by atoms with Crippen LogP contribution in [0, 0.1) is 12.9 Å². The van der Waals surface area contributed by atoms with Gasteiger partial charge in [0.05, 0.1) is 16.8 Å². The number of hydrogen-bond donors (Lipinski definition) is 0. The Morgan fingerprint density at radius 1 is 1.12 bits per heavy atom. The summed E-state index contributed by atoms with van der Waals surface area (Å²) in [6.45, 7) is 9.65. The Morgan fingerprint density at radius 2 is 1.65 bits per heavy atom. The van der Waals surface area contributed by atoms with Crippen molar-refractivity contribution in [2.75, 3.05) is 0 Å². The molecule has 17 heavy (non-hydrogen) atoms. The molecule has 0 unspecified atom stereocenters. The van der Waals surface area contributed by atoms with Crippen LogP contribution in [0.3, 0.4) is 0 Å². The minimum absolute atomic E-state index is 0.431. The molecule has 2 heterocycles. The van der Waals surface area contributed by atoms with Gasteiger partial charge in [0.15, 0.2) is 0 Å². The Bertz CT molecular complexity index is 412. The lowest BCUT2D eigenvalue weighted by atomic mass is 9.83. The predicted octanol–water partition coefficient (Wildman–Crippen LogP) is 1.83. The normalized spacial score (nSPS) is 21.9. The van der Waals surface area contributed by atoms with Crippen molar-refractivity contribution in [2.24, 2.45) is 0 Å². The van der Waals surface area contributed by atoms with Crippen LogP contribution in [0.5, 0.6) is 0 Å². The first-order valence-corrected chi connectivity index (χ1v) is 5.71. The standard InChI is InChI=1S/C12H17BFNO2/c1-8-6-9(15-10(14)7-8)13-16-11(2,3)12(4,5)17-13/h6-7H,1-5H3. The van der Waals surface area contributed by atoms with Gasteiger partial charge in [0.1, 0.15) is 0 Å². The van der Waals surface area contributed by atoms with Crippen molar-refractivity contribution in [2.45, 2.75) is 45.8 Å². The summed E-state index contributed by atoms with van der Waals surface area (Å²) >= 11 is 0. The zero-order chi connectivity index (χ0) is 12.8. The number of rotatable bonds is 1. The van der Waals surface area contributed by atoms with Gasteiger partial charge in [0, 0.05) is 0 Å². The van der Waals surface area contributed by atoms with Crippen LogP contribution in [0.15, 0.2) is 12.1 Å². The minimum Gasteiger partial charge on any atom is -0.398 e. The van der Waals surface area contributed by atoms with Crippen LogP contribution >= 0.6 is 0 Å². The molecule has 5 heteroatoms. The summed E-state index contributed by atoms with van der Waals surface area (Å²) in [6, 6.07) is 3.17. The van der Waals surface area contributed by atoms with Crippen molar-refractivity contribution in [3.63, 3.8) is 0 Å². The van der Waals surface area contributed by atoms with E-state index in [9.17, 15) is 4.39 Å². The number of pyridine rings is 1. The third-order valence-electron chi connectivity index (χ3n) is 3.45. The summed E-state index contributed by atoms with van der Waals surface area (Å²) in [4.78, 5) is 3.83. The fourth-order valence-corrected chi connectivity index (χ4v) is 1.74. The van der Waals surface area contributed by atoms with Crippen LogP contribution in [0.25, 0.3) is 0 Å². The molecule has 0 bridgehead atoms. The lowest BCUT2D eigenvalue weighted by molar-refractivity contribution is 0.00578. The van der Waals surface area contributed by atoms with Gasteiger partial charge in [-0.2, -0.15) is 4.39 Å². The van der Waals surface area contributed by atoms with Crippen molar-refractivity contribution in [1.29, 1.82) is 0 Å². The van der Waals surface area contributed by atoms with Gasteiger partial charge < -0.3 is 9.31 Å². The highest BCUT2D eigenvalue weighted by molar-refractivity contribution is 6.61. The maximum absolute atomic E-state index is 13.2. The molecular weight excluding hydrogens is 220 g/mol. The molecule has 1 aliphatic rings. The van der Waals surface area contributed by atoms with Gasteiger partial charge in [-0.25, -0.2) is 4.98 Å². The Labute approximate surface area is 101 Å². The Hall–Kier alpha value is -0.935. The topological polar surface area (TPSA) is 31.4 Å². The van der Waals surface area contributed by atoms with Gasteiger partial charge in [-0.15, -0.1) is 0 Å². The molecule has 1 aromatic heterocycles. The van der Waals surface area contributed by atoms with E-state index in [4.69, 9.17) is 9.31 Å². The van der Waals surface area contributed by atoms with Crippen molar-refractivity contribution in [1.82, 2.24) is 4.98 Å². The van der Waals surface area contributed by atoms with E-state index in [1.807, 2.05) is 34.6 Å². The van der Waals surface area contributed by atoms with Crippen LogP contribution in [-0.4, -0.2) is 23.3 Å². The fraction of sp³-hybridized carbons (Fsp3) is 0.583. The van der Waals surface area contributed by atoms with E-state index in [1.165, 1.54) is 6.07 Å². The summed E-state index contributed by atoms with van der Waals surface area (Å²) in [5, 5.41) is 0. The second-order valence-corrected chi connectivity index (χ2v) is 5.48. The van der Waals surface area contributed by atoms with E-state index in [0.29, 0.717) is 5.59 Å². The predicted molar refractivity (Wildman–Crippen MR) is 64.6 cm³/mol. The lowest BCUT2D eigenvalue weighted by Gasteiger charge is -2.32. The first-order valence-electron chi connectivity index (χ1n) is 5.71. The largest absolute Gasteiger partial charge is 0.514 e. The molecule has 0 aliphatic carbocycles. The first kappa shape index (κ1) is 12.5. The van der Waals surface area contributed by atoms with Crippen molar-refractivity contribution in [3.05, 3.63) is 23.6 Å². The first-order chi connectivity index (χ1) is 7.71. The molecule has 0 atom stereocenters. The van der Waals surface area contributed by atoms with E-state index < -0.39 is 24.3 Å². The molecule has 0 saturated carbocycles. The van der Waals surface area contributed by atoms with E-state index in [-0.39, 0.29) is 0 Å². The number of aryl methyl sites for hydroxylation is 1. The third kappa shape index (κ3) is 2.22. The smallest absolute Gasteiger partial charge is 0.398 e. The second kappa shape index (κ2) is 3.78. The molecular formula is C12H17BFNO2. The molecule has 0 radical (unpaired) electrons. The van der Waals surface area contributed by atoms with Crippen molar-refractivity contribution in [3.8, 4) is 0 Å². The third-order valence-corrected chi connectivity index (χ3v) is 3.45. The van der Waals surface area contributed by atoms with Crippen molar-refractivity contribution < 1.29 is 13.7 Å². The maximum Gasteiger partial charge on any atom is 0.514 e. The molecule has 1 saturated heterocycles. The maximum atomic E-state index is 13.2. The van der Waals surface area contributed by atoms with Crippen LogP contribution in [-0.2, 0) is 9.31 Å². The molecule has 0 aromatic carbocycles. The molecule has 92 valence electrons. The Morgan fingerprint density at radius 3 is 2.12 bits per heavy atom. The fourth-order valence-electron chi connectivity index (χ4n) is 1.74. The van der Waals surface area contributed by atoms with Crippen LogP contribution < -0.4 is 5.59 Å². The van der Waals surface area contributed by atoms with Gasteiger partial charge in [-0.05, 0) is 52.3 Å². The monoisotopic (exact) mass is 237 g/mol. The zero-order valence-corrected chi connectivity index (χ0v) is 10.9. The molecule has 0 spiro atoms. The van der Waals surface area contributed by atoms with E-state index in [1.54, 1.807) is 6.07 Å². The average molecular weight is 237 g/mol. The molecule has 0 amide bonds. The van der Waals surface area contributed by atoms with Crippen LogP contribution in [0.4, 0.5) is 4.39 Å². The number of hydrogen-bond acceptors (Lipinski definition) is 3. The Kier molecular flexibility index (Phi) is 2.79. The quantitative estimate of drug-likeness (QED) is 0.551. The molecule has 1 aromatic rings. The van der Waals surface area contributed by atoms with E-state index in [2.05, 4.69) is 4.98 Å². The summed E-state index contributed by atoms with van der Waals surface area (Å²) in [5.41, 5.74) is 0.433. The highest BCUT2D eigenvalue weighted by Gasteiger charge is 2.52. The van der Waals surface area contributed by atoms with Gasteiger partial charge >= 0.3 is 7.12 Å². The summed E-state index contributed by atoms with van der Waals surface area (Å²) in [6.07, 6.45) is 0. The molecule has 3 nitrogen and oxygen atoms in total. The van der Waals surface area contributed by atoms with Gasteiger partial charge in [-0.3, -0.25) is 0 Å². The van der Waals surface area contributed by atoms with Gasteiger partial charge in [-0.1, -0.05) is 0 Å². The summed E-state index contributed by atoms with van der Waals surface area (Å²) in [7, 11) is -0.602. The number of halogens is 1. The van der Waals surface area contributed by atoms with Gasteiger partial charge in [0.25, 0.3) is 0 Å². The lowest BCUT2D eigenvalue weighted by Crippen LogP contribution is -2.41. The zero-order valence-electron chi connectivity index (χ0n) is 10.9. The van der Waals surface area contributed by atoms with Crippen LogP contribution in [0.1, 0.15) is 33.3 Å². The molecule has 1 fully saturated rings. The summed E-state index contributed by atoms with van der Waals surface area (Å²) in [5.74, 6) is -0.505. The van der Waals surface area contributed by atoms with Crippen LogP contribution in [0.2, 0.25) is 0 Å². The summed E-state index contributed by atoms with van der Waals surface area (Å²) < 4.78 is 24.9. The number of aromatic nitrogens is 1. The molecule has 1 aliphatic heterocycles. The molecule has 0 N–H and O–H groups in total. The highest BCUT2D eigenvalue weighted by Crippen LogP contribution is 2.36. The highest BCUT2D eigenvalue weighted by atomic mass is 19.1. The van der Waals surface area contributed by atoms with Gasteiger partial charge in [0.2, 0.25) is 5.95 Å². The average Bonchev–Trinajstić information content (AvgIpc) is 2.34. The SMILES string of the molecule is Cc1cc(F)nc(B2OC(C)(C)C(C)(C)O2)c1. The van der Waals surface area contributed by atoms with E-state index >= 15 is 0 Å². The molecule has 2 rings (SSSR count). The minimum atomic E-state index is -0.602. The number of nitrogens with zero attached hydrogens (tertiary/aromatic N) is 1.